The Labute approximate surface area is 105 Å². The highest BCUT2D eigenvalue weighted by atomic mass is 16.5. The molecule has 2 atom stereocenters. The quantitative estimate of drug-likeness (QED) is 0.771. The zero-order chi connectivity index (χ0) is 13.0. The third-order valence-electron chi connectivity index (χ3n) is 3.19. The summed E-state index contributed by atoms with van der Waals surface area (Å²) in [6, 6.07) is 1.56. The Balaban J connectivity index is 1.90. The van der Waals surface area contributed by atoms with Crippen molar-refractivity contribution >= 4 is 11.9 Å². The van der Waals surface area contributed by atoms with Crippen LogP contribution in [0.3, 0.4) is 0 Å². The number of hydrogen-bond donors (Lipinski definition) is 0. The van der Waals surface area contributed by atoms with Crippen LogP contribution in [0.25, 0.3) is 0 Å². The van der Waals surface area contributed by atoms with Gasteiger partial charge in [-0.15, -0.1) is 0 Å². The summed E-state index contributed by atoms with van der Waals surface area (Å²) in [7, 11) is 1.38. The molecule has 5 heteroatoms. The van der Waals surface area contributed by atoms with Gasteiger partial charge in [0.1, 0.15) is 12.4 Å². The zero-order valence-corrected chi connectivity index (χ0v) is 10.3. The minimum absolute atomic E-state index is 0.161. The van der Waals surface area contributed by atoms with Gasteiger partial charge in [0.15, 0.2) is 0 Å². The van der Waals surface area contributed by atoms with E-state index < -0.39 is 5.97 Å². The van der Waals surface area contributed by atoms with Crippen LogP contribution < -0.4 is 0 Å². The molecule has 0 unspecified atom stereocenters. The van der Waals surface area contributed by atoms with E-state index in [1.54, 1.807) is 6.07 Å². The van der Waals surface area contributed by atoms with Crippen molar-refractivity contribution in [2.75, 3.05) is 7.11 Å². The van der Waals surface area contributed by atoms with Crippen molar-refractivity contribution < 1.29 is 23.5 Å². The molecule has 0 saturated heterocycles. The predicted molar refractivity (Wildman–Crippen MR) is 61.9 cm³/mol. The molecule has 0 bridgehead atoms. The highest BCUT2D eigenvalue weighted by Gasteiger charge is 2.30. The van der Waals surface area contributed by atoms with E-state index in [0.717, 1.165) is 19.3 Å². The van der Waals surface area contributed by atoms with Gasteiger partial charge >= 0.3 is 11.9 Å². The molecule has 18 heavy (non-hydrogen) atoms. The van der Waals surface area contributed by atoms with E-state index in [1.165, 1.54) is 19.6 Å². The molecule has 0 amide bonds. The van der Waals surface area contributed by atoms with Crippen molar-refractivity contribution in [2.24, 2.45) is 5.92 Å². The second-order valence-corrected chi connectivity index (χ2v) is 4.43. The summed E-state index contributed by atoms with van der Waals surface area (Å²) in [6.45, 7) is 0. The predicted octanol–water partition coefficient (Wildman–Crippen LogP) is 2.17. The molecule has 0 aromatic carbocycles. The minimum Gasteiger partial charge on any atom is -0.472 e. The molecular formula is C13H16O5. The fourth-order valence-corrected chi connectivity index (χ4v) is 2.23. The Morgan fingerprint density at radius 3 is 2.89 bits per heavy atom. The van der Waals surface area contributed by atoms with Gasteiger partial charge in [0, 0.05) is 0 Å². The number of methoxy groups -OCH3 is 1. The first kappa shape index (κ1) is 12.7. The van der Waals surface area contributed by atoms with Crippen LogP contribution in [0, 0.1) is 5.92 Å². The number of rotatable bonds is 3. The molecule has 1 heterocycles. The van der Waals surface area contributed by atoms with Gasteiger partial charge in [-0.2, -0.15) is 0 Å². The lowest BCUT2D eigenvalue weighted by molar-refractivity contribution is -0.148. The summed E-state index contributed by atoms with van der Waals surface area (Å²) < 4.78 is 14.9. The topological polar surface area (TPSA) is 65.7 Å². The molecule has 0 N–H and O–H groups in total. The molecule has 1 aliphatic rings. The fraction of sp³-hybridized carbons (Fsp3) is 0.538. The summed E-state index contributed by atoms with van der Waals surface area (Å²) in [6.07, 6.45) is 5.55. The molecule has 1 saturated carbocycles. The van der Waals surface area contributed by atoms with Crippen LogP contribution >= 0.6 is 0 Å². The summed E-state index contributed by atoms with van der Waals surface area (Å²) in [5, 5.41) is 0. The van der Waals surface area contributed by atoms with E-state index in [0.29, 0.717) is 12.0 Å². The van der Waals surface area contributed by atoms with E-state index in [-0.39, 0.29) is 18.0 Å². The first-order valence-corrected chi connectivity index (χ1v) is 6.01. The third-order valence-corrected chi connectivity index (χ3v) is 3.19. The van der Waals surface area contributed by atoms with E-state index in [2.05, 4.69) is 0 Å². The van der Waals surface area contributed by atoms with Gasteiger partial charge < -0.3 is 13.9 Å². The number of furan rings is 1. The molecule has 2 rings (SSSR count). The standard InChI is InChI=1S/C13H16O5/c1-16-12(14)9-3-2-4-11(7-9)18-13(15)10-5-6-17-8-10/h5-6,8-9,11H,2-4,7H2,1H3/t9-,11-/m0/s1. The molecule has 98 valence electrons. The Morgan fingerprint density at radius 1 is 1.39 bits per heavy atom. The number of carbonyl (C=O) groups is 2. The number of esters is 2. The van der Waals surface area contributed by atoms with Crippen LogP contribution in [0.4, 0.5) is 0 Å². The van der Waals surface area contributed by atoms with Gasteiger partial charge in [-0.1, -0.05) is 0 Å². The first-order chi connectivity index (χ1) is 8.70. The Morgan fingerprint density at radius 2 is 2.22 bits per heavy atom. The Bertz CT molecular complexity index is 409. The molecule has 0 aliphatic heterocycles. The molecule has 1 aromatic heterocycles. The van der Waals surface area contributed by atoms with Gasteiger partial charge in [-0.25, -0.2) is 4.79 Å². The average molecular weight is 252 g/mol. The van der Waals surface area contributed by atoms with Crippen LogP contribution in [-0.4, -0.2) is 25.2 Å². The molecule has 5 nitrogen and oxygen atoms in total. The lowest BCUT2D eigenvalue weighted by atomic mass is 9.87. The van der Waals surface area contributed by atoms with Gasteiger partial charge in [0.2, 0.25) is 0 Å². The number of hydrogen-bond acceptors (Lipinski definition) is 5. The fourth-order valence-electron chi connectivity index (χ4n) is 2.23. The number of ether oxygens (including phenoxy) is 2. The van der Waals surface area contributed by atoms with E-state index in [4.69, 9.17) is 13.9 Å². The van der Waals surface area contributed by atoms with Gasteiger partial charge in [0.05, 0.1) is 24.9 Å². The van der Waals surface area contributed by atoms with Gasteiger partial charge in [0.25, 0.3) is 0 Å². The maximum absolute atomic E-state index is 11.7. The Kier molecular flexibility index (Phi) is 4.02. The van der Waals surface area contributed by atoms with Crippen molar-refractivity contribution in [1.82, 2.24) is 0 Å². The lowest BCUT2D eigenvalue weighted by Crippen LogP contribution is -2.30. The van der Waals surface area contributed by atoms with Crippen LogP contribution in [-0.2, 0) is 14.3 Å². The van der Waals surface area contributed by atoms with Crippen LogP contribution in [0.5, 0.6) is 0 Å². The van der Waals surface area contributed by atoms with E-state index >= 15 is 0 Å². The van der Waals surface area contributed by atoms with Crippen molar-refractivity contribution in [1.29, 1.82) is 0 Å². The highest BCUT2D eigenvalue weighted by Crippen LogP contribution is 2.27. The smallest absolute Gasteiger partial charge is 0.341 e. The lowest BCUT2D eigenvalue weighted by Gasteiger charge is -2.27. The third kappa shape index (κ3) is 2.91. The largest absolute Gasteiger partial charge is 0.472 e. The number of carbonyl (C=O) groups excluding carboxylic acids is 2. The van der Waals surface area contributed by atoms with Crippen LogP contribution in [0.2, 0.25) is 0 Å². The highest BCUT2D eigenvalue weighted by molar-refractivity contribution is 5.89. The molecule has 0 radical (unpaired) electrons. The summed E-state index contributed by atoms with van der Waals surface area (Å²) in [4.78, 5) is 23.2. The summed E-state index contributed by atoms with van der Waals surface area (Å²) in [5.74, 6) is -0.788. The molecule has 1 aromatic rings. The summed E-state index contributed by atoms with van der Waals surface area (Å²) >= 11 is 0. The Hall–Kier alpha value is -1.78. The maximum atomic E-state index is 11.7. The van der Waals surface area contributed by atoms with Gasteiger partial charge in [-0.3, -0.25) is 4.79 Å². The minimum atomic E-state index is -0.403. The normalized spacial score (nSPS) is 23.4. The van der Waals surface area contributed by atoms with Crippen molar-refractivity contribution in [3.05, 3.63) is 24.2 Å². The first-order valence-electron chi connectivity index (χ1n) is 6.01. The molecule has 1 aliphatic carbocycles. The monoisotopic (exact) mass is 252 g/mol. The van der Waals surface area contributed by atoms with Crippen molar-refractivity contribution in [3.8, 4) is 0 Å². The van der Waals surface area contributed by atoms with Crippen LogP contribution in [0.1, 0.15) is 36.0 Å². The van der Waals surface area contributed by atoms with E-state index in [1.807, 2.05) is 0 Å². The molecule has 1 fully saturated rings. The van der Waals surface area contributed by atoms with Gasteiger partial charge in [-0.05, 0) is 31.7 Å². The van der Waals surface area contributed by atoms with Crippen molar-refractivity contribution in [2.45, 2.75) is 31.8 Å². The molecule has 0 spiro atoms. The second-order valence-electron chi connectivity index (χ2n) is 4.43. The molecular weight excluding hydrogens is 236 g/mol. The second kappa shape index (κ2) is 5.71. The average Bonchev–Trinajstić information content (AvgIpc) is 2.92. The summed E-state index contributed by atoms with van der Waals surface area (Å²) in [5.41, 5.74) is 0.398. The van der Waals surface area contributed by atoms with E-state index in [9.17, 15) is 9.59 Å². The SMILES string of the molecule is COC(=O)[C@H]1CCC[C@H](OC(=O)c2ccoc2)C1. The van der Waals surface area contributed by atoms with Crippen molar-refractivity contribution in [3.63, 3.8) is 0 Å². The van der Waals surface area contributed by atoms with Crippen LogP contribution in [0.15, 0.2) is 23.0 Å². The zero-order valence-electron chi connectivity index (χ0n) is 10.3. The maximum Gasteiger partial charge on any atom is 0.341 e.